The van der Waals surface area contributed by atoms with Crippen LogP contribution in [0.25, 0.3) is 0 Å². The van der Waals surface area contributed by atoms with E-state index in [-0.39, 0.29) is 11.5 Å². The van der Waals surface area contributed by atoms with Crippen LogP contribution in [0.4, 0.5) is 24.5 Å². The van der Waals surface area contributed by atoms with Crippen molar-refractivity contribution in [3.8, 4) is 0 Å². The largest absolute Gasteiger partial charge is 0.490 e. The number of amides is 1. The number of hydrogen-bond acceptors (Lipinski definition) is 4. The van der Waals surface area contributed by atoms with Crippen molar-refractivity contribution in [2.24, 2.45) is 0 Å². The minimum atomic E-state index is -5.08. The van der Waals surface area contributed by atoms with Gasteiger partial charge in [-0.2, -0.15) is 13.2 Å². The molecule has 3 aromatic carbocycles. The molecule has 3 rings (SSSR count). The number of hydrogen-bond donors (Lipinski definition) is 3. The molecule has 0 aliphatic carbocycles. The number of carboxylic acid groups (broad SMARTS) is 2. The summed E-state index contributed by atoms with van der Waals surface area (Å²) in [4.78, 5) is 35.1. The molecule has 3 N–H and O–H groups in total. The molecular formula is C25H23F3N2O5. The van der Waals surface area contributed by atoms with Gasteiger partial charge in [0.05, 0.1) is 16.9 Å². The van der Waals surface area contributed by atoms with Crippen molar-refractivity contribution in [1.82, 2.24) is 0 Å². The number of alkyl halides is 3. The Morgan fingerprint density at radius 2 is 1.49 bits per heavy atom. The molecule has 35 heavy (non-hydrogen) atoms. The molecule has 0 heterocycles. The van der Waals surface area contributed by atoms with Gasteiger partial charge in [0.2, 0.25) is 0 Å². The van der Waals surface area contributed by atoms with E-state index in [1.165, 1.54) is 6.07 Å². The molecule has 0 bridgehead atoms. The molecule has 1 amide bonds. The van der Waals surface area contributed by atoms with Crippen LogP contribution in [0.5, 0.6) is 0 Å². The Kier molecular flexibility index (Phi) is 8.98. The summed E-state index contributed by atoms with van der Waals surface area (Å²) in [5, 5.41) is 19.4. The van der Waals surface area contributed by atoms with Crippen molar-refractivity contribution < 1.29 is 37.8 Å². The Labute approximate surface area is 199 Å². The average molecular weight is 488 g/mol. The van der Waals surface area contributed by atoms with Gasteiger partial charge in [-0.3, -0.25) is 4.79 Å². The number of aliphatic carboxylic acids is 1. The third-order valence-electron chi connectivity index (χ3n) is 4.80. The van der Waals surface area contributed by atoms with Gasteiger partial charge in [0, 0.05) is 19.2 Å². The highest BCUT2D eigenvalue weighted by Crippen LogP contribution is 2.28. The number of anilines is 2. The molecule has 10 heteroatoms. The van der Waals surface area contributed by atoms with Crippen LogP contribution in [-0.4, -0.2) is 41.3 Å². The lowest BCUT2D eigenvalue weighted by Crippen LogP contribution is -2.21. The lowest BCUT2D eigenvalue weighted by molar-refractivity contribution is -0.192. The molecule has 7 nitrogen and oxygen atoms in total. The monoisotopic (exact) mass is 488 g/mol. The number of benzene rings is 3. The lowest BCUT2D eigenvalue weighted by atomic mass is 10.1. The minimum Gasteiger partial charge on any atom is -0.478 e. The first kappa shape index (κ1) is 26.9. The number of aryl methyl sites for hydroxylation is 1. The molecule has 0 atom stereocenters. The summed E-state index contributed by atoms with van der Waals surface area (Å²) in [6.07, 6.45) is -5.08. The van der Waals surface area contributed by atoms with E-state index in [4.69, 9.17) is 9.90 Å². The van der Waals surface area contributed by atoms with Crippen LogP contribution in [0, 0.1) is 6.92 Å². The fourth-order valence-electron chi connectivity index (χ4n) is 3.06. The van der Waals surface area contributed by atoms with E-state index < -0.39 is 18.1 Å². The first-order valence-electron chi connectivity index (χ1n) is 10.2. The molecule has 0 unspecified atom stereocenters. The fourth-order valence-corrected chi connectivity index (χ4v) is 3.06. The smallest absolute Gasteiger partial charge is 0.478 e. The highest BCUT2D eigenvalue weighted by Gasteiger charge is 2.38. The van der Waals surface area contributed by atoms with Crippen LogP contribution < -0.4 is 10.2 Å². The number of rotatable bonds is 6. The second-order valence-corrected chi connectivity index (χ2v) is 7.45. The van der Waals surface area contributed by atoms with E-state index in [1.807, 2.05) is 61.3 Å². The number of carboxylic acids is 2. The Hall–Kier alpha value is -4.34. The highest BCUT2D eigenvalue weighted by atomic mass is 19.4. The summed E-state index contributed by atoms with van der Waals surface area (Å²) in [7, 11) is 1.91. The topological polar surface area (TPSA) is 107 Å². The fraction of sp³-hybridized carbons (Fsp3) is 0.160. The summed E-state index contributed by atoms with van der Waals surface area (Å²) in [6, 6.07) is 22.0. The van der Waals surface area contributed by atoms with Crippen LogP contribution in [-0.2, 0) is 11.3 Å². The number of carbonyl (C=O) groups excluding carboxylic acids is 1. The van der Waals surface area contributed by atoms with Crippen LogP contribution >= 0.6 is 0 Å². The molecule has 0 aliphatic heterocycles. The van der Waals surface area contributed by atoms with Gasteiger partial charge < -0.3 is 20.4 Å². The van der Waals surface area contributed by atoms with Gasteiger partial charge in [0.15, 0.2) is 0 Å². The van der Waals surface area contributed by atoms with Crippen LogP contribution in [0.3, 0.4) is 0 Å². The highest BCUT2D eigenvalue weighted by molar-refractivity contribution is 6.07. The summed E-state index contributed by atoms with van der Waals surface area (Å²) in [6.45, 7) is 2.49. The van der Waals surface area contributed by atoms with Crippen molar-refractivity contribution in [1.29, 1.82) is 0 Å². The average Bonchev–Trinajstić information content (AvgIpc) is 2.79. The normalized spacial score (nSPS) is 10.5. The molecule has 0 aromatic heterocycles. The van der Waals surface area contributed by atoms with E-state index in [9.17, 15) is 27.9 Å². The van der Waals surface area contributed by atoms with Crippen LogP contribution in [0.1, 0.15) is 31.8 Å². The van der Waals surface area contributed by atoms with E-state index in [0.29, 0.717) is 17.8 Å². The van der Waals surface area contributed by atoms with Gasteiger partial charge in [-0.15, -0.1) is 0 Å². The first-order chi connectivity index (χ1) is 16.4. The molecule has 3 aromatic rings. The zero-order valence-corrected chi connectivity index (χ0v) is 18.8. The summed E-state index contributed by atoms with van der Waals surface area (Å²) in [5.41, 5.74) is 3.86. The number of nitrogens with one attached hydrogen (secondary N) is 1. The van der Waals surface area contributed by atoms with Gasteiger partial charge in [-0.25, -0.2) is 9.59 Å². The second-order valence-electron chi connectivity index (χ2n) is 7.45. The van der Waals surface area contributed by atoms with E-state index in [2.05, 4.69) is 5.32 Å². The molecule has 0 aliphatic rings. The third-order valence-corrected chi connectivity index (χ3v) is 4.80. The van der Waals surface area contributed by atoms with Gasteiger partial charge in [-0.05, 0) is 42.3 Å². The van der Waals surface area contributed by atoms with Crippen molar-refractivity contribution in [3.05, 3.63) is 95.1 Å². The maximum absolute atomic E-state index is 12.8. The Bertz CT molecular complexity index is 1200. The first-order valence-corrected chi connectivity index (χ1v) is 10.2. The van der Waals surface area contributed by atoms with Crippen LogP contribution in [0.15, 0.2) is 72.8 Å². The molecule has 0 spiro atoms. The lowest BCUT2D eigenvalue weighted by Gasteiger charge is -2.23. The maximum atomic E-state index is 12.8. The minimum absolute atomic E-state index is 0.122. The quantitative estimate of drug-likeness (QED) is 0.440. The predicted molar refractivity (Wildman–Crippen MR) is 125 cm³/mol. The summed E-state index contributed by atoms with van der Waals surface area (Å²) >= 11 is 0. The zero-order chi connectivity index (χ0) is 26.2. The molecular weight excluding hydrogens is 465 g/mol. The molecule has 0 fully saturated rings. The van der Waals surface area contributed by atoms with Crippen molar-refractivity contribution in [2.75, 3.05) is 17.3 Å². The third kappa shape index (κ3) is 7.88. The molecule has 0 saturated carbocycles. The maximum Gasteiger partial charge on any atom is 0.490 e. The number of halogens is 3. The van der Waals surface area contributed by atoms with E-state index in [1.54, 1.807) is 24.3 Å². The zero-order valence-electron chi connectivity index (χ0n) is 18.8. The van der Waals surface area contributed by atoms with Crippen LogP contribution in [0.2, 0.25) is 0 Å². The second kappa shape index (κ2) is 11.7. The Balaban J connectivity index is 0.000000540. The van der Waals surface area contributed by atoms with Gasteiger partial charge >= 0.3 is 18.1 Å². The number of carbonyl (C=O) groups is 3. The molecule has 184 valence electrons. The Morgan fingerprint density at radius 1 is 0.914 bits per heavy atom. The SMILES string of the molecule is Cc1ccccc1C(=O)Nc1cc(C(=O)O)ccc1N(C)Cc1ccccc1.O=C(O)C(F)(F)F. The standard InChI is InChI=1S/C23H22N2O3.C2HF3O2/c1-16-8-6-7-11-19(16)22(26)24-20-14-18(23(27)28)12-13-21(20)25(2)15-17-9-4-3-5-10-17;3-2(4,5)1(6)7/h3-14H,15H2,1-2H3,(H,24,26)(H,27,28);(H,6,7). The van der Waals surface area contributed by atoms with Gasteiger partial charge in [0.25, 0.3) is 5.91 Å². The van der Waals surface area contributed by atoms with Crippen molar-refractivity contribution in [3.63, 3.8) is 0 Å². The number of aromatic carboxylic acids is 1. The van der Waals surface area contributed by atoms with Crippen molar-refractivity contribution in [2.45, 2.75) is 19.6 Å². The number of nitrogens with zero attached hydrogens (tertiary/aromatic N) is 1. The summed E-state index contributed by atoms with van der Waals surface area (Å²) in [5.74, 6) is -4.06. The van der Waals surface area contributed by atoms with Gasteiger partial charge in [-0.1, -0.05) is 48.5 Å². The molecule has 0 radical (unpaired) electrons. The predicted octanol–water partition coefficient (Wildman–Crippen LogP) is 5.22. The van der Waals surface area contributed by atoms with Gasteiger partial charge in [0.1, 0.15) is 0 Å². The van der Waals surface area contributed by atoms with Crippen molar-refractivity contribution >= 4 is 29.2 Å². The summed E-state index contributed by atoms with van der Waals surface area (Å²) < 4.78 is 31.7. The van der Waals surface area contributed by atoms with E-state index in [0.717, 1.165) is 16.8 Å². The Morgan fingerprint density at radius 3 is 2.03 bits per heavy atom. The molecule has 0 saturated heterocycles. The van der Waals surface area contributed by atoms with E-state index >= 15 is 0 Å².